The van der Waals surface area contributed by atoms with E-state index in [0.717, 1.165) is 12.8 Å². The quantitative estimate of drug-likeness (QED) is 0.171. The highest BCUT2D eigenvalue weighted by Gasteiger charge is 2.41. The van der Waals surface area contributed by atoms with Crippen LogP contribution < -0.4 is 0 Å². The molecule has 0 radical (unpaired) electrons. The highest BCUT2D eigenvalue weighted by molar-refractivity contribution is 5.85. The lowest BCUT2D eigenvalue weighted by atomic mass is 9.66. The normalized spacial score (nSPS) is 15.0. The van der Waals surface area contributed by atoms with Crippen molar-refractivity contribution in [1.82, 2.24) is 0 Å². The molecular weight excluding hydrogens is 637 g/mol. The number of fused-ring (bicyclic) bond motifs is 2. The lowest BCUT2D eigenvalue weighted by molar-refractivity contribution is 0.349. The molecule has 0 fully saturated rings. The highest BCUT2D eigenvalue weighted by Crippen LogP contribution is 2.54. The van der Waals surface area contributed by atoms with Gasteiger partial charge in [0.2, 0.25) is 0 Å². The second kappa shape index (κ2) is 13.9. The van der Waals surface area contributed by atoms with Crippen LogP contribution in [-0.4, -0.2) is 0 Å². The Morgan fingerprint density at radius 1 is 0.434 bits per heavy atom. The fourth-order valence-corrected chi connectivity index (χ4v) is 8.98. The Hall–Kier alpha value is -3.64. The molecule has 4 aromatic carbocycles. The van der Waals surface area contributed by atoms with Gasteiger partial charge in [-0.15, -0.1) is 0 Å². The van der Waals surface area contributed by atoms with Gasteiger partial charge in [-0.25, -0.2) is 0 Å². The van der Waals surface area contributed by atoms with Gasteiger partial charge in [0.15, 0.2) is 0 Å². The second-order valence-corrected chi connectivity index (χ2v) is 20.6. The van der Waals surface area contributed by atoms with E-state index in [1.807, 2.05) is 0 Å². The van der Waals surface area contributed by atoms with Crippen LogP contribution in [0.4, 0.5) is 0 Å². The smallest absolute Gasteiger partial charge is 0.0134 e. The average molecular weight is 705 g/mol. The molecule has 0 N–H and O–H groups in total. The van der Waals surface area contributed by atoms with Gasteiger partial charge in [-0.3, -0.25) is 0 Å². The van der Waals surface area contributed by atoms with E-state index >= 15 is 0 Å². The molecule has 2 aliphatic carbocycles. The Labute approximate surface area is 324 Å². The van der Waals surface area contributed by atoms with Crippen LogP contribution in [0.25, 0.3) is 34.4 Å². The van der Waals surface area contributed by atoms with Crippen molar-refractivity contribution in [1.29, 1.82) is 0 Å². The number of hydrogen-bond acceptors (Lipinski definition) is 0. The van der Waals surface area contributed by atoms with Crippen molar-refractivity contribution in [2.45, 2.75) is 157 Å². The first-order chi connectivity index (χ1) is 24.7. The van der Waals surface area contributed by atoms with Crippen LogP contribution in [0.5, 0.6) is 0 Å². The predicted molar refractivity (Wildman–Crippen MR) is 234 cm³/mol. The summed E-state index contributed by atoms with van der Waals surface area (Å²) in [6, 6.07) is 28.9. The summed E-state index contributed by atoms with van der Waals surface area (Å²) in [7, 11) is 0. The summed E-state index contributed by atoms with van der Waals surface area (Å²) in [5.74, 6) is 0. The van der Waals surface area contributed by atoms with E-state index in [0.29, 0.717) is 0 Å². The van der Waals surface area contributed by atoms with Crippen molar-refractivity contribution < 1.29 is 0 Å². The second-order valence-electron chi connectivity index (χ2n) is 20.6. The van der Waals surface area contributed by atoms with Crippen LogP contribution in [0.2, 0.25) is 0 Å². The summed E-state index contributed by atoms with van der Waals surface area (Å²) in [5.41, 5.74) is 20.6. The molecule has 0 saturated carbocycles. The molecule has 6 rings (SSSR count). The zero-order chi connectivity index (χ0) is 38.7. The lowest BCUT2D eigenvalue weighted by Gasteiger charge is -2.37. The molecule has 0 nitrogen and oxygen atoms in total. The number of benzene rings is 4. The van der Waals surface area contributed by atoms with Crippen molar-refractivity contribution in [3.63, 3.8) is 0 Å². The summed E-state index contributed by atoms with van der Waals surface area (Å²) in [4.78, 5) is 0. The van der Waals surface area contributed by atoms with Crippen molar-refractivity contribution in [2.75, 3.05) is 0 Å². The van der Waals surface area contributed by atoms with Crippen LogP contribution in [0, 0.1) is 5.41 Å². The summed E-state index contributed by atoms with van der Waals surface area (Å²) in [5, 5.41) is 0. The fourth-order valence-electron chi connectivity index (χ4n) is 8.98. The molecule has 0 heterocycles. The minimum Gasteiger partial charge on any atom is -0.0653 e. The Morgan fingerprint density at radius 2 is 0.755 bits per heavy atom. The molecule has 0 unspecified atom stereocenters. The first kappa shape index (κ1) is 39.1. The van der Waals surface area contributed by atoms with E-state index in [2.05, 4.69) is 182 Å². The maximum Gasteiger partial charge on any atom is 0.0134 e. The monoisotopic (exact) mass is 705 g/mol. The SMILES string of the molecule is CCCC(CCC)(C1=Cc2c(cccc2-c2cc(C(C)(C)C)cc(C(C)(C)C)c2)C1)C1=Cc2c(cccc2-c2cc(C(C)(C)C)cc(C(C)(C)C)c2)C1. The number of allylic oxidation sites excluding steroid dienone is 2. The molecule has 0 saturated heterocycles. The molecule has 0 heteroatoms. The van der Waals surface area contributed by atoms with Crippen LogP contribution in [-0.2, 0) is 34.5 Å². The Morgan fingerprint density at radius 3 is 1.04 bits per heavy atom. The summed E-state index contributed by atoms with van der Waals surface area (Å²) in [6.45, 7) is 32.9. The van der Waals surface area contributed by atoms with Crippen LogP contribution in [0.3, 0.4) is 0 Å². The van der Waals surface area contributed by atoms with E-state index in [1.165, 1.54) is 92.4 Å². The van der Waals surface area contributed by atoms with E-state index in [4.69, 9.17) is 0 Å². The van der Waals surface area contributed by atoms with Crippen LogP contribution >= 0.6 is 0 Å². The highest BCUT2D eigenvalue weighted by atomic mass is 14.4. The molecule has 4 aromatic rings. The van der Waals surface area contributed by atoms with Gasteiger partial charge in [-0.2, -0.15) is 0 Å². The zero-order valence-corrected chi connectivity index (χ0v) is 35.8. The van der Waals surface area contributed by atoms with Crippen molar-refractivity contribution in [3.8, 4) is 22.3 Å². The Balaban J connectivity index is 1.49. The molecule has 0 bridgehead atoms. The Bertz CT molecular complexity index is 1850. The van der Waals surface area contributed by atoms with Crippen molar-refractivity contribution in [3.05, 3.63) is 128 Å². The van der Waals surface area contributed by atoms with Gasteiger partial charge >= 0.3 is 0 Å². The molecule has 2 aliphatic rings. The van der Waals surface area contributed by atoms with Gasteiger partial charge in [-0.05, 0) is 114 Å². The number of hydrogen-bond donors (Lipinski definition) is 0. The van der Waals surface area contributed by atoms with Gasteiger partial charge in [-0.1, -0.05) is 206 Å². The standard InChI is InChI=1S/C53H68/c1-15-23-53(24-16-2,43-25-35-19-17-21-45(47(35)33-43)37-27-39(49(3,4)5)31-40(28-37)50(6,7)8)44-26-36-20-18-22-46(48(36)34-44)38-29-41(51(9,10)11)32-42(30-38)52(12,13)14/h17-22,27-34H,15-16,23-26H2,1-14H3. The van der Waals surface area contributed by atoms with Gasteiger partial charge in [0.1, 0.15) is 0 Å². The summed E-state index contributed by atoms with van der Waals surface area (Å²) in [6.07, 6.45) is 12.1. The molecule has 0 atom stereocenters. The van der Waals surface area contributed by atoms with Crippen molar-refractivity contribution in [2.24, 2.45) is 5.41 Å². The molecule has 0 spiro atoms. The molecule has 0 aromatic heterocycles. The predicted octanol–water partition coefficient (Wildman–Crippen LogP) is 15.4. The maximum atomic E-state index is 2.64. The fraction of sp³-hybridized carbons (Fsp3) is 0.472. The van der Waals surface area contributed by atoms with Gasteiger partial charge in [0, 0.05) is 5.41 Å². The molecule has 280 valence electrons. The number of rotatable bonds is 8. The molecular formula is C53H68. The molecule has 0 amide bonds. The van der Waals surface area contributed by atoms with E-state index < -0.39 is 0 Å². The molecule has 0 aliphatic heterocycles. The maximum absolute atomic E-state index is 2.64. The minimum absolute atomic E-state index is 0.0454. The minimum atomic E-state index is 0.0454. The van der Waals surface area contributed by atoms with Gasteiger partial charge in [0.25, 0.3) is 0 Å². The van der Waals surface area contributed by atoms with Gasteiger partial charge in [0.05, 0.1) is 0 Å². The zero-order valence-electron chi connectivity index (χ0n) is 35.8. The third kappa shape index (κ3) is 7.68. The van der Waals surface area contributed by atoms with Gasteiger partial charge < -0.3 is 0 Å². The third-order valence-electron chi connectivity index (χ3n) is 12.3. The first-order valence-corrected chi connectivity index (χ1v) is 20.6. The summed E-state index contributed by atoms with van der Waals surface area (Å²) < 4.78 is 0. The summed E-state index contributed by atoms with van der Waals surface area (Å²) >= 11 is 0. The van der Waals surface area contributed by atoms with E-state index in [9.17, 15) is 0 Å². The molecule has 53 heavy (non-hydrogen) atoms. The van der Waals surface area contributed by atoms with Crippen LogP contribution in [0.15, 0.2) is 83.9 Å². The van der Waals surface area contributed by atoms with Crippen molar-refractivity contribution >= 4 is 12.2 Å². The van der Waals surface area contributed by atoms with Crippen LogP contribution in [0.1, 0.15) is 167 Å². The average Bonchev–Trinajstić information content (AvgIpc) is 3.72. The first-order valence-electron chi connectivity index (χ1n) is 20.6. The third-order valence-corrected chi connectivity index (χ3v) is 12.3. The Kier molecular flexibility index (Phi) is 10.2. The van der Waals surface area contributed by atoms with E-state index in [-0.39, 0.29) is 27.1 Å². The lowest BCUT2D eigenvalue weighted by Crippen LogP contribution is -2.26. The van der Waals surface area contributed by atoms with E-state index in [1.54, 1.807) is 11.1 Å². The largest absolute Gasteiger partial charge is 0.0653 e. The topological polar surface area (TPSA) is 0 Å².